The minimum atomic E-state index is -0.651. The number of hydrogen-bond acceptors (Lipinski definition) is 5. The van der Waals surface area contributed by atoms with Crippen molar-refractivity contribution in [1.29, 1.82) is 5.26 Å². The first-order valence-electron chi connectivity index (χ1n) is 2.54. The lowest BCUT2D eigenvalue weighted by Gasteiger charge is -1.81. The van der Waals surface area contributed by atoms with Crippen LogP contribution in [-0.4, -0.2) is 4.92 Å². The van der Waals surface area contributed by atoms with Gasteiger partial charge in [0.1, 0.15) is 10.3 Å². The third kappa shape index (κ3) is 1.72. The van der Waals surface area contributed by atoms with Crippen molar-refractivity contribution in [3.8, 4) is 5.40 Å². The average Bonchev–Trinajstić information content (AvgIpc) is 2.37. The van der Waals surface area contributed by atoms with Crippen LogP contribution in [0, 0.1) is 20.8 Å². The first kappa shape index (κ1) is 7.63. The van der Waals surface area contributed by atoms with E-state index in [9.17, 15) is 10.1 Å². The fourth-order valence-corrected chi connectivity index (χ4v) is 0.862. The van der Waals surface area contributed by atoms with Crippen LogP contribution in [0.1, 0.15) is 0 Å². The highest BCUT2D eigenvalue weighted by Crippen LogP contribution is 2.23. The van der Waals surface area contributed by atoms with Gasteiger partial charge < -0.3 is 4.42 Å². The second kappa shape index (κ2) is 3.07. The van der Waals surface area contributed by atoms with Crippen molar-refractivity contribution in [2.24, 2.45) is 0 Å². The number of furan rings is 1. The predicted octanol–water partition coefficient (Wildman–Crippen LogP) is 1.76. The van der Waals surface area contributed by atoms with Crippen molar-refractivity contribution < 1.29 is 9.34 Å². The monoisotopic (exact) mass is 170 g/mol. The van der Waals surface area contributed by atoms with Crippen LogP contribution in [0.4, 0.5) is 5.88 Å². The van der Waals surface area contributed by atoms with Gasteiger partial charge in [-0.05, 0) is 6.07 Å². The zero-order chi connectivity index (χ0) is 8.27. The summed E-state index contributed by atoms with van der Waals surface area (Å²) in [4.78, 5) is 9.39. The van der Waals surface area contributed by atoms with Crippen LogP contribution in [0.2, 0.25) is 0 Å². The first-order valence-corrected chi connectivity index (χ1v) is 3.36. The summed E-state index contributed by atoms with van der Waals surface area (Å²) in [6.45, 7) is 0. The van der Waals surface area contributed by atoms with Crippen LogP contribution < -0.4 is 0 Å². The third-order valence-electron chi connectivity index (χ3n) is 0.893. The normalized spacial score (nSPS) is 9.00. The molecule has 0 atom stereocenters. The Bertz CT molecular complexity index is 314. The molecule has 0 aromatic carbocycles. The van der Waals surface area contributed by atoms with Crippen molar-refractivity contribution in [2.45, 2.75) is 5.09 Å². The molecule has 56 valence electrons. The Balaban J connectivity index is 2.83. The molecule has 0 aliphatic heterocycles. The van der Waals surface area contributed by atoms with E-state index < -0.39 is 4.92 Å². The molecule has 1 rings (SSSR count). The summed E-state index contributed by atoms with van der Waals surface area (Å²) < 4.78 is 4.63. The molecule has 6 heteroatoms. The second-order valence-corrected chi connectivity index (χ2v) is 2.33. The topological polar surface area (TPSA) is 80.1 Å². The zero-order valence-electron chi connectivity index (χ0n) is 5.18. The summed E-state index contributed by atoms with van der Waals surface area (Å²) in [7, 11) is 0. The highest BCUT2D eigenvalue weighted by atomic mass is 32.2. The van der Waals surface area contributed by atoms with E-state index in [0.717, 1.165) is 11.8 Å². The fraction of sp³-hybridized carbons (Fsp3) is 0. The highest BCUT2D eigenvalue weighted by Gasteiger charge is 2.11. The summed E-state index contributed by atoms with van der Waals surface area (Å²) in [6, 6.07) is 2.59. The Hall–Kier alpha value is -1.48. The van der Waals surface area contributed by atoms with E-state index in [-0.39, 0.29) is 11.0 Å². The number of nitriles is 1. The second-order valence-electron chi connectivity index (χ2n) is 1.54. The molecule has 0 fully saturated rings. The van der Waals surface area contributed by atoms with Crippen LogP contribution >= 0.6 is 11.8 Å². The summed E-state index contributed by atoms with van der Waals surface area (Å²) in [5, 5.41) is 20.2. The Labute approximate surface area is 65.8 Å². The molecule has 0 aliphatic carbocycles. The molecule has 0 radical (unpaired) electrons. The molecule has 0 spiro atoms. The van der Waals surface area contributed by atoms with Crippen LogP contribution in [-0.2, 0) is 0 Å². The minimum absolute atomic E-state index is 0.235. The molecule has 5 nitrogen and oxygen atoms in total. The number of thioether (sulfide) groups is 1. The number of rotatable bonds is 2. The van der Waals surface area contributed by atoms with Gasteiger partial charge in [0.2, 0.25) is 0 Å². The van der Waals surface area contributed by atoms with Crippen molar-refractivity contribution in [3.63, 3.8) is 0 Å². The van der Waals surface area contributed by atoms with Gasteiger partial charge in [-0.25, -0.2) is 0 Å². The molecule has 0 amide bonds. The molecule has 0 saturated heterocycles. The molecule has 1 aromatic rings. The first-order chi connectivity index (χ1) is 5.24. The van der Waals surface area contributed by atoms with Crippen molar-refractivity contribution in [1.82, 2.24) is 0 Å². The van der Waals surface area contributed by atoms with Crippen molar-refractivity contribution in [2.75, 3.05) is 0 Å². The predicted molar refractivity (Wildman–Crippen MR) is 36.8 cm³/mol. The van der Waals surface area contributed by atoms with Gasteiger partial charge in [-0.1, -0.05) is 0 Å². The van der Waals surface area contributed by atoms with Gasteiger partial charge in [0.15, 0.2) is 5.09 Å². The molecule has 0 bridgehead atoms. The van der Waals surface area contributed by atoms with E-state index in [4.69, 9.17) is 5.26 Å². The van der Waals surface area contributed by atoms with E-state index in [1.54, 1.807) is 5.40 Å². The molecule has 1 heterocycles. The largest absolute Gasteiger partial charge is 0.434 e. The van der Waals surface area contributed by atoms with Crippen LogP contribution in [0.3, 0.4) is 0 Å². The zero-order valence-corrected chi connectivity index (χ0v) is 6.00. The molecule has 0 unspecified atom stereocenters. The van der Waals surface area contributed by atoms with Gasteiger partial charge in [-0.15, -0.1) is 0 Å². The van der Waals surface area contributed by atoms with E-state index in [1.807, 2.05) is 0 Å². The molecule has 1 aromatic heterocycles. The quantitative estimate of drug-likeness (QED) is 0.292. The Morgan fingerprint density at radius 2 is 2.45 bits per heavy atom. The summed E-state index contributed by atoms with van der Waals surface area (Å²) in [6.07, 6.45) is 0. The maximum Gasteiger partial charge on any atom is 0.434 e. The Morgan fingerprint density at radius 3 is 2.91 bits per heavy atom. The van der Waals surface area contributed by atoms with Crippen LogP contribution in [0.5, 0.6) is 0 Å². The maximum absolute atomic E-state index is 10.0. The summed E-state index contributed by atoms with van der Waals surface area (Å²) in [5.41, 5.74) is 0. The maximum atomic E-state index is 10.0. The molecule has 0 saturated carbocycles. The van der Waals surface area contributed by atoms with Gasteiger partial charge in [-0.2, -0.15) is 5.26 Å². The number of nitrogens with zero attached hydrogens (tertiary/aromatic N) is 2. The smallest absolute Gasteiger partial charge is 0.393 e. The van der Waals surface area contributed by atoms with Gasteiger partial charge in [-0.3, -0.25) is 10.1 Å². The molecular weight excluding hydrogens is 168 g/mol. The van der Waals surface area contributed by atoms with Gasteiger partial charge in [0.05, 0.1) is 6.07 Å². The Morgan fingerprint density at radius 1 is 1.73 bits per heavy atom. The van der Waals surface area contributed by atoms with E-state index >= 15 is 0 Å². The lowest BCUT2D eigenvalue weighted by Crippen LogP contribution is -1.82. The van der Waals surface area contributed by atoms with E-state index in [2.05, 4.69) is 4.42 Å². The lowest BCUT2D eigenvalue weighted by atomic mass is 10.6. The van der Waals surface area contributed by atoms with E-state index in [0.29, 0.717) is 0 Å². The fourth-order valence-electron chi connectivity index (χ4n) is 0.508. The average molecular weight is 170 g/mol. The molecule has 0 N–H and O–H groups in total. The van der Waals surface area contributed by atoms with Crippen LogP contribution in [0.15, 0.2) is 21.6 Å². The molecular formula is C5H2N2O3S. The minimum Gasteiger partial charge on any atom is -0.393 e. The van der Waals surface area contributed by atoms with Crippen LogP contribution in [0.25, 0.3) is 0 Å². The third-order valence-corrected chi connectivity index (χ3v) is 1.41. The molecule has 0 aliphatic rings. The van der Waals surface area contributed by atoms with Crippen molar-refractivity contribution in [3.05, 3.63) is 22.2 Å². The van der Waals surface area contributed by atoms with Gasteiger partial charge in [0, 0.05) is 11.8 Å². The van der Waals surface area contributed by atoms with Gasteiger partial charge in [0.25, 0.3) is 0 Å². The molecule has 11 heavy (non-hydrogen) atoms. The standard InChI is InChI=1S/C5H2N2O3S/c6-3-11-5-2-1-4(10-5)7(8)9/h1-2H. The Kier molecular flexibility index (Phi) is 2.13. The van der Waals surface area contributed by atoms with Crippen molar-refractivity contribution >= 4 is 17.6 Å². The summed E-state index contributed by atoms with van der Waals surface area (Å²) >= 11 is 0.748. The number of hydrogen-bond donors (Lipinski definition) is 0. The van der Waals surface area contributed by atoms with Gasteiger partial charge >= 0.3 is 5.88 Å². The highest BCUT2D eigenvalue weighted by molar-refractivity contribution is 8.03. The number of nitro groups is 1. The number of thiocyanates is 1. The SMILES string of the molecule is N#CSc1ccc([N+](=O)[O-])o1. The lowest BCUT2D eigenvalue weighted by molar-refractivity contribution is -0.403. The van der Waals surface area contributed by atoms with E-state index in [1.165, 1.54) is 12.1 Å². The summed E-state index contributed by atoms with van der Waals surface area (Å²) in [5.74, 6) is -0.345.